The number of benzene rings is 1. The molecule has 1 fully saturated rings. The van der Waals surface area contributed by atoms with Crippen molar-refractivity contribution >= 4 is 11.9 Å². The lowest BCUT2D eigenvalue weighted by Crippen LogP contribution is -2.40. The summed E-state index contributed by atoms with van der Waals surface area (Å²) in [4.78, 5) is 25.4. The highest BCUT2D eigenvalue weighted by Crippen LogP contribution is 2.39. The number of carbonyl (C=O) groups is 2. The van der Waals surface area contributed by atoms with Crippen molar-refractivity contribution < 1.29 is 34.0 Å². The maximum absolute atomic E-state index is 12.9. The number of carboxylic acids is 1. The lowest BCUT2D eigenvalue weighted by molar-refractivity contribution is -0.141. The number of aliphatic hydroxyl groups excluding tert-OH is 1. The van der Waals surface area contributed by atoms with E-state index in [0.717, 1.165) is 4.90 Å². The summed E-state index contributed by atoms with van der Waals surface area (Å²) in [5.41, 5.74) is 0.223. The van der Waals surface area contributed by atoms with Crippen molar-refractivity contribution in [2.24, 2.45) is 0 Å². The first-order valence-corrected chi connectivity index (χ1v) is 8.71. The van der Waals surface area contributed by atoms with Crippen LogP contribution in [0.15, 0.2) is 12.1 Å². The average molecular weight is 367 g/mol. The third kappa shape index (κ3) is 4.19. The summed E-state index contributed by atoms with van der Waals surface area (Å²) in [7, 11) is 0. The van der Waals surface area contributed by atoms with Gasteiger partial charge in [-0.25, -0.2) is 4.79 Å². The number of hydrogen-bond acceptors (Lipinski definition) is 6. The molecule has 1 aliphatic rings. The predicted octanol–water partition coefficient (Wildman–Crippen LogP) is 1.54. The van der Waals surface area contributed by atoms with Gasteiger partial charge in [-0.05, 0) is 32.9 Å². The van der Waals surface area contributed by atoms with Crippen LogP contribution in [0.2, 0.25) is 0 Å². The van der Waals surface area contributed by atoms with E-state index in [9.17, 15) is 19.8 Å². The van der Waals surface area contributed by atoms with E-state index in [4.69, 9.17) is 14.2 Å². The van der Waals surface area contributed by atoms with Crippen LogP contribution >= 0.6 is 0 Å². The van der Waals surface area contributed by atoms with Gasteiger partial charge in [0.05, 0.1) is 25.9 Å². The Morgan fingerprint density at radius 1 is 1.08 bits per heavy atom. The molecule has 8 nitrogen and oxygen atoms in total. The zero-order valence-electron chi connectivity index (χ0n) is 15.2. The van der Waals surface area contributed by atoms with Crippen LogP contribution in [0.5, 0.6) is 17.2 Å². The minimum atomic E-state index is -1.14. The van der Waals surface area contributed by atoms with Crippen LogP contribution in [0.3, 0.4) is 0 Å². The van der Waals surface area contributed by atoms with Crippen LogP contribution in [-0.4, -0.2) is 65.5 Å². The normalized spacial score (nSPS) is 19.3. The monoisotopic (exact) mass is 367 g/mol. The van der Waals surface area contributed by atoms with E-state index in [-0.39, 0.29) is 18.5 Å². The fourth-order valence-electron chi connectivity index (χ4n) is 2.95. The van der Waals surface area contributed by atoms with Gasteiger partial charge in [0.2, 0.25) is 5.75 Å². The number of β-amino-alcohol motifs (C(OH)–C–C–N with tert-alkyl or cyclic N) is 1. The smallest absolute Gasteiger partial charge is 0.326 e. The zero-order chi connectivity index (χ0) is 19.3. The van der Waals surface area contributed by atoms with Crippen LogP contribution in [0.4, 0.5) is 0 Å². The van der Waals surface area contributed by atoms with Crippen LogP contribution in [-0.2, 0) is 4.79 Å². The third-order valence-corrected chi connectivity index (χ3v) is 3.98. The first-order valence-electron chi connectivity index (χ1n) is 8.71. The van der Waals surface area contributed by atoms with Gasteiger partial charge in [-0.2, -0.15) is 0 Å². The third-order valence-electron chi connectivity index (χ3n) is 3.98. The number of likely N-dealkylation sites (tertiary alicyclic amines) is 1. The van der Waals surface area contributed by atoms with E-state index >= 15 is 0 Å². The molecule has 0 saturated carbocycles. The number of rotatable bonds is 8. The maximum atomic E-state index is 12.9. The Balaban J connectivity index is 2.44. The summed E-state index contributed by atoms with van der Waals surface area (Å²) < 4.78 is 16.8. The second-order valence-corrected chi connectivity index (χ2v) is 5.80. The topological polar surface area (TPSA) is 106 Å². The quantitative estimate of drug-likeness (QED) is 0.718. The molecule has 1 saturated heterocycles. The van der Waals surface area contributed by atoms with Gasteiger partial charge in [0.15, 0.2) is 11.5 Å². The second kappa shape index (κ2) is 8.75. The van der Waals surface area contributed by atoms with Gasteiger partial charge >= 0.3 is 5.97 Å². The number of aliphatic carboxylic acids is 1. The molecule has 2 unspecified atom stereocenters. The predicted molar refractivity (Wildman–Crippen MR) is 93.0 cm³/mol. The number of ether oxygens (including phenoxy) is 3. The second-order valence-electron chi connectivity index (χ2n) is 5.80. The lowest BCUT2D eigenvalue weighted by Gasteiger charge is -2.23. The van der Waals surface area contributed by atoms with E-state index in [1.165, 1.54) is 12.1 Å². The first kappa shape index (κ1) is 19.8. The SMILES string of the molecule is CCOc1cc(C(=O)N2CC(O)CC2C(=O)O)cc(OCC)c1OCC. The van der Waals surface area contributed by atoms with Gasteiger partial charge < -0.3 is 29.3 Å². The molecule has 2 N–H and O–H groups in total. The number of nitrogens with zero attached hydrogens (tertiary/aromatic N) is 1. The average Bonchev–Trinajstić information content (AvgIpc) is 2.99. The summed E-state index contributed by atoms with van der Waals surface area (Å²) in [6.07, 6.45) is -0.852. The number of aliphatic hydroxyl groups is 1. The summed E-state index contributed by atoms with van der Waals surface area (Å²) >= 11 is 0. The molecular formula is C18H25NO7. The minimum absolute atomic E-state index is 0.00867. The van der Waals surface area contributed by atoms with Gasteiger partial charge in [0.25, 0.3) is 5.91 Å². The molecule has 2 atom stereocenters. The highest BCUT2D eigenvalue weighted by Gasteiger charge is 2.39. The summed E-state index contributed by atoms with van der Waals surface area (Å²) in [6, 6.07) is 1.97. The van der Waals surface area contributed by atoms with Gasteiger partial charge in [-0.3, -0.25) is 4.79 Å². The van der Waals surface area contributed by atoms with Gasteiger partial charge in [0.1, 0.15) is 6.04 Å². The van der Waals surface area contributed by atoms with Crippen molar-refractivity contribution in [3.63, 3.8) is 0 Å². The molecule has 1 aromatic rings. The fourth-order valence-corrected chi connectivity index (χ4v) is 2.95. The van der Waals surface area contributed by atoms with Crippen molar-refractivity contribution in [2.45, 2.75) is 39.3 Å². The number of amides is 1. The molecule has 8 heteroatoms. The molecule has 0 aromatic heterocycles. The molecule has 144 valence electrons. The van der Waals surface area contributed by atoms with Crippen molar-refractivity contribution in [1.29, 1.82) is 0 Å². The Hall–Kier alpha value is -2.48. The van der Waals surface area contributed by atoms with E-state index in [0.29, 0.717) is 37.1 Å². The van der Waals surface area contributed by atoms with Gasteiger partial charge in [-0.15, -0.1) is 0 Å². The summed E-state index contributed by atoms with van der Waals surface area (Å²) in [5, 5.41) is 19.1. The molecular weight excluding hydrogens is 342 g/mol. The van der Waals surface area contributed by atoms with E-state index in [1.54, 1.807) is 0 Å². The molecule has 0 aliphatic carbocycles. The van der Waals surface area contributed by atoms with Crippen LogP contribution in [0, 0.1) is 0 Å². The molecule has 0 spiro atoms. The van der Waals surface area contributed by atoms with Gasteiger partial charge in [-0.1, -0.05) is 0 Å². The minimum Gasteiger partial charge on any atom is -0.490 e. The Morgan fingerprint density at radius 3 is 2.08 bits per heavy atom. The van der Waals surface area contributed by atoms with Crippen molar-refractivity contribution in [1.82, 2.24) is 4.90 Å². The Labute approximate surface area is 152 Å². The largest absolute Gasteiger partial charge is 0.490 e. The van der Waals surface area contributed by atoms with Crippen molar-refractivity contribution in [3.8, 4) is 17.2 Å². The van der Waals surface area contributed by atoms with E-state index in [2.05, 4.69) is 0 Å². The number of hydrogen-bond donors (Lipinski definition) is 2. The standard InChI is InChI=1S/C18H25NO7/c1-4-24-14-7-11(8-15(25-5-2)16(14)26-6-3)17(21)19-10-12(20)9-13(19)18(22)23/h7-8,12-13,20H,4-6,9-10H2,1-3H3,(H,22,23). The lowest BCUT2D eigenvalue weighted by atomic mass is 10.1. The van der Waals surface area contributed by atoms with Crippen molar-refractivity contribution in [3.05, 3.63) is 17.7 Å². The molecule has 1 aromatic carbocycles. The number of carbonyl (C=O) groups excluding carboxylic acids is 1. The number of carboxylic acid groups (broad SMARTS) is 1. The molecule has 2 rings (SSSR count). The highest BCUT2D eigenvalue weighted by atomic mass is 16.5. The summed E-state index contributed by atoms with van der Waals surface area (Å²) in [6.45, 7) is 6.54. The molecule has 1 amide bonds. The summed E-state index contributed by atoms with van der Waals surface area (Å²) in [5.74, 6) is -0.524. The molecule has 0 bridgehead atoms. The Bertz CT molecular complexity index is 634. The van der Waals surface area contributed by atoms with Crippen LogP contribution < -0.4 is 14.2 Å². The Morgan fingerprint density at radius 2 is 1.62 bits per heavy atom. The first-order chi connectivity index (χ1) is 12.4. The molecule has 26 heavy (non-hydrogen) atoms. The zero-order valence-corrected chi connectivity index (χ0v) is 15.2. The molecule has 1 aliphatic heterocycles. The Kier molecular flexibility index (Phi) is 6.68. The van der Waals surface area contributed by atoms with Crippen LogP contribution in [0.1, 0.15) is 37.6 Å². The highest BCUT2D eigenvalue weighted by molar-refractivity contribution is 5.98. The fraction of sp³-hybridized carbons (Fsp3) is 0.556. The molecule has 0 radical (unpaired) electrons. The van der Waals surface area contributed by atoms with Gasteiger partial charge in [0, 0.05) is 18.5 Å². The van der Waals surface area contributed by atoms with E-state index < -0.39 is 24.0 Å². The van der Waals surface area contributed by atoms with Crippen LogP contribution in [0.25, 0.3) is 0 Å². The van der Waals surface area contributed by atoms with E-state index in [1.807, 2.05) is 20.8 Å². The maximum Gasteiger partial charge on any atom is 0.326 e. The van der Waals surface area contributed by atoms with Crippen molar-refractivity contribution in [2.75, 3.05) is 26.4 Å². The molecule has 1 heterocycles.